The predicted octanol–water partition coefficient (Wildman–Crippen LogP) is 1.36. The Kier molecular flexibility index (Phi) is 5.66. The number of alkyl halides is 1. The van der Waals surface area contributed by atoms with Crippen LogP contribution >= 0.6 is 12.4 Å². The average molecular weight is 142 g/mol. The Morgan fingerprint density at radius 3 is 1.88 bits per heavy atom. The minimum atomic E-state index is -0.330. The molecule has 0 aromatic heterocycles. The maximum atomic E-state index is 11.7. The summed E-state index contributed by atoms with van der Waals surface area (Å²) in [5.74, 6) is 0. The predicted molar refractivity (Wildman–Crippen MR) is 36.1 cm³/mol. The quantitative estimate of drug-likeness (QED) is 0.618. The van der Waals surface area contributed by atoms with Crippen LogP contribution in [0, 0.1) is 5.41 Å². The first-order valence-corrected chi connectivity index (χ1v) is 2.38. The molecule has 0 bridgehead atoms. The lowest BCUT2D eigenvalue weighted by atomic mass is 9.96. The molecule has 52 valence electrons. The summed E-state index contributed by atoms with van der Waals surface area (Å²) >= 11 is 0. The highest BCUT2D eigenvalue weighted by Gasteiger charge is 2.13. The Morgan fingerprint density at radius 1 is 1.50 bits per heavy atom. The monoisotopic (exact) mass is 141 g/mol. The highest BCUT2D eigenvalue weighted by molar-refractivity contribution is 5.85. The molecular formula is C5H13ClFN. The van der Waals surface area contributed by atoms with Gasteiger partial charge >= 0.3 is 0 Å². The zero-order valence-corrected chi connectivity index (χ0v) is 6.09. The van der Waals surface area contributed by atoms with Crippen LogP contribution in [0.2, 0.25) is 0 Å². The largest absolute Gasteiger partial charge is 0.330 e. The fourth-order valence-corrected chi connectivity index (χ4v) is 0.0546. The van der Waals surface area contributed by atoms with Crippen molar-refractivity contribution in [3.8, 4) is 0 Å². The van der Waals surface area contributed by atoms with Gasteiger partial charge in [-0.15, -0.1) is 12.4 Å². The summed E-state index contributed by atoms with van der Waals surface area (Å²) in [5, 5.41) is 0. The van der Waals surface area contributed by atoms with Crippen molar-refractivity contribution in [3.05, 3.63) is 0 Å². The Hall–Kier alpha value is 0.180. The van der Waals surface area contributed by atoms with Crippen molar-refractivity contribution in [1.82, 2.24) is 0 Å². The van der Waals surface area contributed by atoms with E-state index in [1.54, 1.807) is 13.8 Å². The third kappa shape index (κ3) is 4.34. The van der Waals surface area contributed by atoms with Gasteiger partial charge in [0.05, 0.1) is 6.67 Å². The van der Waals surface area contributed by atoms with Crippen molar-refractivity contribution in [3.63, 3.8) is 0 Å². The summed E-state index contributed by atoms with van der Waals surface area (Å²) in [6.45, 7) is 3.69. The van der Waals surface area contributed by atoms with E-state index in [0.717, 1.165) is 0 Å². The van der Waals surface area contributed by atoms with Crippen molar-refractivity contribution < 1.29 is 4.39 Å². The molecule has 3 heteroatoms. The molecule has 0 aliphatic carbocycles. The minimum Gasteiger partial charge on any atom is -0.330 e. The van der Waals surface area contributed by atoms with Crippen LogP contribution in [0.1, 0.15) is 13.8 Å². The lowest BCUT2D eigenvalue weighted by Crippen LogP contribution is -2.25. The summed E-state index contributed by atoms with van der Waals surface area (Å²) in [6.07, 6.45) is 0. The normalized spacial score (nSPS) is 10.5. The molecule has 1 nitrogen and oxygen atoms in total. The molecule has 0 rings (SSSR count). The Labute approximate surface area is 55.9 Å². The van der Waals surface area contributed by atoms with E-state index >= 15 is 0 Å². The van der Waals surface area contributed by atoms with E-state index in [1.165, 1.54) is 0 Å². The van der Waals surface area contributed by atoms with Crippen molar-refractivity contribution in [1.29, 1.82) is 0 Å². The summed E-state index contributed by atoms with van der Waals surface area (Å²) in [4.78, 5) is 0. The van der Waals surface area contributed by atoms with Crippen molar-refractivity contribution in [2.45, 2.75) is 13.8 Å². The first kappa shape index (κ1) is 11.0. The fourth-order valence-electron chi connectivity index (χ4n) is 0.0546. The van der Waals surface area contributed by atoms with E-state index < -0.39 is 0 Å². The van der Waals surface area contributed by atoms with E-state index in [9.17, 15) is 4.39 Å². The van der Waals surface area contributed by atoms with Crippen LogP contribution in [0.25, 0.3) is 0 Å². The molecule has 8 heavy (non-hydrogen) atoms. The fraction of sp³-hybridized carbons (Fsp3) is 1.00. The third-order valence-corrected chi connectivity index (χ3v) is 0.914. The number of rotatable bonds is 2. The van der Waals surface area contributed by atoms with E-state index in [-0.39, 0.29) is 24.5 Å². The lowest BCUT2D eigenvalue weighted by Gasteiger charge is -2.15. The second-order valence-electron chi connectivity index (χ2n) is 2.50. The van der Waals surface area contributed by atoms with Crippen LogP contribution in [-0.2, 0) is 0 Å². The van der Waals surface area contributed by atoms with E-state index in [2.05, 4.69) is 0 Å². The number of hydrogen-bond donors (Lipinski definition) is 1. The first-order valence-electron chi connectivity index (χ1n) is 2.38. The molecule has 0 atom stereocenters. The highest BCUT2D eigenvalue weighted by Crippen LogP contribution is 2.11. The summed E-state index contributed by atoms with van der Waals surface area (Å²) in [5.41, 5.74) is 4.87. The molecule has 0 aliphatic heterocycles. The molecule has 0 aliphatic rings. The van der Waals surface area contributed by atoms with Gasteiger partial charge in [0.1, 0.15) is 0 Å². The molecular weight excluding hydrogens is 129 g/mol. The molecule has 0 radical (unpaired) electrons. The maximum absolute atomic E-state index is 11.7. The van der Waals surface area contributed by atoms with Crippen LogP contribution in [0.4, 0.5) is 4.39 Å². The van der Waals surface area contributed by atoms with E-state index in [0.29, 0.717) is 6.54 Å². The zero-order chi connectivity index (χ0) is 5.91. The second kappa shape index (κ2) is 4.10. The second-order valence-corrected chi connectivity index (χ2v) is 2.50. The van der Waals surface area contributed by atoms with E-state index in [1.807, 2.05) is 0 Å². The van der Waals surface area contributed by atoms with Crippen LogP contribution in [0.5, 0.6) is 0 Å². The maximum Gasteiger partial charge on any atom is 0.0957 e. The van der Waals surface area contributed by atoms with Crippen molar-refractivity contribution in [2.24, 2.45) is 11.1 Å². The third-order valence-electron chi connectivity index (χ3n) is 0.914. The highest BCUT2D eigenvalue weighted by atomic mass is 35.5. The molecule has 0 amide bonds. The number of hydrogen-bond acceptors (Lipinski definition) is 1. The van der Waals surface area contributed by atoms with E-state index in [4.69, 9.17) is 5.73 Å². The summed E-state index contributed by atoms with van der Waals surface area (Å²) < 4.78 is 11.7. The van der Waals surface area contributed by atoms with Crippen LogP contribution in [0.3, 0.4) is 0 Å². The molecule has 0 spiro atoms. The Morgan fingerprint density at radius 2 is 1.88 bits per heavy atom. The van der Waals surface area contributed by atoms with Gasteiger partial charge in [0.2, 0.25) is 0 Å². The van der Waals surface area contributed by atoms with Gasteiger partial charge in [0.25, 0.3) is 0 Å². The van der Waals surface area contributed by atoms with Crippen molar-refractivity contribution >= 4 is 12.4 Å². The SMILES string of the molecule is CC(C)(CN)CF.Cl. The molecule has 0 heterocycles. The smallest absolute Gasteiger partial charge is 0.0957 e. The van der Waals surface area contributed by atoms with Crippen LogP contribution in [-0.4, -0.2) is 13.2 Å². The summed E-state index contributed by atoms with van der Waals surface area (Å²) in [7, 11) is 0. The van der Waals surface area contributed by atoms with Gasteiger partial charge < -0.3 is 5.73 Å². The van der Waals surface area contributed by atoms with Gasteiger partial charge in [0.15, 0.2) is 0 Å². The standard InChI is InChI=1S/C5H12FN.ClH/c1-5(2,3-6)4-7;/h3-4,7H2,1-2H3;1H. The lowest BCUT2D eigenvalue weighted by molar-refractivity contribution is 0.267. The average Bonchev–Trinajstić information content (AvgIpc) is 1.68. The van der Waals surface area contributed by atoms with Gasteiger partial charge in [-0.3, -0.25) is 4.39 Å². The van der Waals surface area contributed by atoms with Crippen molar-refractivity contribution in [2.75, 3.05) is 13.2 Å². The molecule has 0 fully saturated rings. The number of nitrogens with two attached hydrogens (primary N) is 1. The van der Waals surface area contributed by atoms with Crippen LogP contribution in [0.15, 0.2) is 0 Å². The molecule has 0 saturated heterocycles. The van der Waals surface area contributed by atoms with Gasteiger partial charge in [0, 0.05) is 5.41 Å². The van der Waals surface area contributed by atoms with Gasteiger partial charge in [-0.25, -0.2) is 0 Å². The molecule has 0 saturated carbocycles. The van der Waals surface area contributed by atoms with Gasteiger partial charge in [-0.2, -0.15) is 0 Å². The van der Waals surface area contributed by atoms with Gasteiger partial charge in [-0.05, 0) is 6.54 Å². The van der Waals surface area contributed by atoms with Crippen LogP contribution < -0.4 is 5.73 Å². The zero-order valence-electron chi connectivity index (χ0n) is 5.28. The Balaban J connectivity index is 0. The molecule has 0 aromatic rings. The van der Waals surface area contributed by atoms with Gasteiger partial charge in [-0.1, -0.05) is 13.8 Å². The molecule has 0 aromatic carbocycles. The Bertz CT molecular complexity index is 50.4. The molecule has 2 N–H and O–H groups in total. The molecule has 0 unspecified atom stereocenters. The minimum absolute atomic E-state index is 0. The topological polar surface area (TPSA) is 26.0 Å². The summed E-state index contributed by atoms with van der Waals surface area (Å²) in [6, 6.07) is 0. The first-order chi connectivity index (χ1) is 3.12. The number of halogens is 2.